The predicted molar refractivity (Wildman–Crippen MR) is 75.3 cm³/mol. The first kappa shape index (κ1) is 14.7. The number of hydrogen-bond donors (Lipinski definition) is 2. The second-order valence-corrected chi connectivity index (χ2v) is 7.40. The smallest absolute Gasteiger partial charge is 0.272 e. The minimum absolute atomic E-state index is 0.000836. The van der Waals surface area contributed by atoms with Crippen molar-refractivity contribution in [2.24, 2.45) is 0 Å². The average Bonchev–Trinajstić information content (AvgIpc) is 2.68. The Morgan fingerprint density at radius 2 is 2.10 bits per heavy atom. The summed E-state index contributed by atoms with van der Waals surface area (Å²) in [6.07, 6.45) is 0.453. The lowest BCUT2D eigenvalue weighted by atomic mass is 10.2. The minimum Gasteiger partial charge on any atom is -0.366 e. The molecule has 1 fully saturated rings. The monoisotopic (exact) mass is 298 g/mol. The number of carbonyl (C=O) groups is 1. The Kier molecular flexibility index (Phi) is 4.22. The van der Waals surface area contributed by atoms with Crippen LogP contribution in [0.15, 0.2) is 12.1 Å². The van der Waals surface area contributed by atoms with Crippen molar-refractivity contribution < 1.29 is 13.2 Å². The summed E-state index contributed by atoms with van der Waals surface area (Å²) in [6.45, 7) is 3.95. The maximum Gasteiger partial charge on any atom is 0.272 e. The Balaban J connectivity index is 1.96. The summed E-state index contributed by atoms with van der Waals surface area (Å²) in [5.41, 5.74) is 0.184. The van der Waals surface area contributed by atoms with E-state index in [0.29, 0.717) is 12.2 Å². The van der Waals surface area contributed by atoms with Gasteiger partial charge in [0.05, 0.1) is 11.5 Å². The van der Waals surface area contributed by atoms with Gasteiger partial charge in [0.1, 0.15) is 5.82 Å². The van der Waals surface area contributed by atoms with Gasteiger partial charge in [0.2, 0.25) is 0 Å². The van der Waals surface area contributed by atoms with Gasteiger partial charge < -0.3 is 10.6 Å². The maximum absolute atomic E-state index is 11.9. The Morgan fingerprint density at radius 3 is 2.60 bits per heavy atom. The zero-order valence-electron chi connectivity index (χ0n) is 11.5. The van der Waals surface area contributed by atoms with Gasteiger partial charge in [-0.25, -0.2) is 8.42 Å². The molecule has 0 aliphatic carbocycles. The Bertz CT molecular complexity index is 583. The van der Waals surface area contributed by atoms with Gasteiger partial charge in [0, 0.05) is 12.1 Å². The first-order valence-electron chi connectivity index (χ1n) is 6.47. The molecule has 0 saturated carbocycles. The number of nitrogens with one attached hydrogen (secondary N) is 2. The third-order valence-electron chi connectivity index (χ3n) is 2.90. The lowest BCUT2D eigenvalue weighted by Crippen LogP contribution is -2.36. The van der Waals surface area contributed by atoms with Gasteiger partial charge in [-0.05, 0) is 32.4 Å². The van der Waals surface area contributed by atoms with Crippen LogP contribution >= 0.6 is 0 Å². The lowest BCUT2D eigenvalue weighted by molar-refractivity contribution is 0.0935. The SMILES string of the molecule is CC(C)Nc1ccc(C(=O)NC2CCS(=O)(=O)C2)nn1. The van der Waals surface area contributed by atoms with Crippen LogP contribution in [0.4, 0.5) is 5.82 Å². The molecule has 0 spiro atoms. The van der Waals surface area contributed by atoms with Crippen LogP contribution in [0.5, 0.6) is 0 Å². The Morgan fingerprint density at radius 1 is 1.35 bits per heavy atom. The first-order chi connectivity index (χ1) is 9.35. The normalized spacial score (nSPS) is 20.9. The Labute approximate surface area is 118 Å². The number of hydrogen-bond acceptors (Lipinski definition) is 6. The molecule has 1 amide bonds. The van der Waals surface area contributed by atoms with E-state index in [4.69, 9.17) is 0 Å². The van der Waals surface area contributed by atoms with E-state index in [1.54, 1.807) is 12.1 Å². The van der Waals surface area contributed by atoms with Crippen LogP contribution in [0.1, 0.15) is 30.8 Å². The quantitative estimate of drug-likeness (QED) is 0.824. The number of sulfone groups is 1. The highest BCUT2D eigenvalue weighted by Gasteiger charge is 2.29. The number of nitrogens with zero attached hydrogens (tertiary/aromatic N) is 2. The van der Waals surface area contributed by atoms with Crippen LogP contribution in [0.2, 0.25) is 0 Å². The second kappa shape index (κ2) is 5.74. The number of carbonyl (C=O) groups excluding carboxylic acids is 1. The predicted octanol–water partition coefficient (Wildman–Crippen LogP) is 0.214. The second-order valence-electron chi connectivity index (χ2n) is 5.18. The third-order valence-corrected chi connectivity index (χ3v) is 4.67. The molecule has 0 bridgehead atoms. The van der Waals surface area contributed by atoms with Crippen LogP contribution in [0, 0.1) is 0 Å². The molecule has 20 heavy (non-hydrogen) atoms. The zero-order valence-corrected chi connectivity index (χ0v) is 12.3. The van der Waals surface area contributed by atoms with Crippen molar-refractivity contribution >= 4 is 21.6 Å². The van der Waals surface area contributed by atoms with Crippen molar-refractivity contribution in [3.05, 3.63) is 17.8 Å². The molecule has 7 nitrogen and oxygen atoms in total. The van der Waals surface area contributed by atoms with Crippen LogP contribution in [0.25, 0.3) is 0 Å². The molecule has 1 aromatic rings. The molecule has 1 aliphatic heterocycles. The minimum atomic E-state index is -3.00. The van der Waals surface area contributed by atoms with Crippen molar-refractivity contribution in [2.45, 2.75) is 32.4 Å². The number of amides is 1. The van der Waals surface area contributed by atoms with E-state index in [-0.39, 0.29) is 29.3 Å². The fourth-order valence-electron chi connectivity index (χ4n) is 1.99. The van der Waals surface area contributed by atoms with E-state index in [2.05, 4.69) is 20.8 Å². The topological polar surface area (TPSA) is 101 Å². The molecule has 2 N–H and O–H groups in total. The van der Waals surface area contributed by atoms with Crippen LogP contribution < -0.4 is 10.6 Å². The summed E-state index contributed by atoms with van der Waals surface area (Å²) in [5, 5.41) is 13.5. The number of rotatable bonds is 4. The van der Waals surface area contributed by atoms with Crippen molar-refractivity contribution in [1.82, 2.24) is 15.5 Å². The van der Waals surface area contributed by atoms with Gasteiger partial charge in [-0.15, -0.1) is 10.2 Å². The summed E-state index contributed by atoms with van der Waals surface area (Å²) < 4.78 is 22.6. The average molecular weight is 298 g/mol. The van der Waals surface area contributed by atoms with E-state index in [1.807, 2.05) is 13.8 Å². The first-order valence-corrected chi connectivity index (χ1v) is 8.29. The van der Waals surface area contributed by atoms with E-state index < -0.39 is 15.7 Å². The molecular formula is C12H18N4O3S. The fraction of sp³-hybridized carbons (Fsp3) is 0.583. The molecule has 1 aliphatic rings. The van der Waals surface area contributed by atoms with Gasteiger partial charge >= 0.3 is 0 Å². The molecule has 1 unspecified atom stereocenters. The summed E-state index contributed by atoms with van der Waals surface area (Å²) in [7, 11) is -3.00. The molecule has 110 valence electrons. The molecule has 1 saturated heterocycles. The number of anilines is 1. The van der Waals surface area contributed by atoms with Crippen LogP contribution in [0.3, 0.4) is 0 Å². The highest BCUT2D eigenvalue weighted by Crippen LogP contribution is 2.12. The molecule has 1 atom stereocenters. The largest absolute Gasteiger partial charge is 0.366 e. The van der Waals surface area contributed by atoms with Gasteiger partial charge in [0.15, 0.2) is 15.5 Å². The van der Waals surface area contributed by atoms with Crippen LogP contribution in [-0.4, -0.2) is 48.1 Å². The summed E-state index contributed by atoms with van der Waals surface area (Å²) >= 11 is 0. The molecule has 0 aromatic carbocycles. The standard InChI is InChI=1S/C12H18N4O3S/c1-8(2)13-11-4-3-10(15-16-11)12(17)14-9-5-6-20(18,19)7-9/h3-4,8-9H,5-7H2,1-2H3,(H,13,16)(H,14,17). The highest BCUT2D eigenvalue weighted by molar-refractivity contribution is 7.91. The fourth-order valence-corrected chi connectivity index (χ4v) is 3.67. The molecular weight excluding hydrogens is 280 g/mol. The van der Waals surface area contributed by atoms with Gasteiger partial charge in [-0.2, -0.15) is 0 Å². The molecule has 0 radical (unpaired) electrons. The summed E-state index contributed by atoms with van der Waals surface area (Å²) in [6, 6.07) is 3.14. The zero-order chi connectivity index (χ0) is 14.8. The molecule has 8 heteroatoms. The molecule has 1 aromatic heterocycles. The molecule has 2 rings (SSSR count). The van der Waals surface area contributed by atoms with Gasteiger partial charge in [0.25, 0.3) is 5.91 Å². The molecule has 2 heterocycles. The van der Waals surface area contributed by atoms with E-state index in [1.165, 1.54) is 0 Å². The maximum atomic E-state index is 11.9. The van der Waals surface area contributed by atoms with Crippen molar-refractivity contribution in [3.8, 4) is 0 Å². The van der Waals surface area contributed by atoms with Gasteiger partial charge in [-0.1, -0.05) is 0 Å². The Hall–Kier alpha value is -1.70. The van der Waals surface area contributed by atoms with Gasteiger partial charge in [-0.3, -0.25) is 4.79 Å². The van der Waals surface area contributed by atoms with Crippen LogP contribution in [-0.2, 0) is 9.84 Å². The highest BCUT2D eigenvalue weighted by atomic mass is 32.2. The summed E-state index contributed by atoms with van der Waals surface area (Å²) in [5.74, 6) is 0.329. The van der Waals surface area contributed by atoms with E-state index in [9.17, 15) is 13.2 Å². The lowest BCUT2D eigenvalue weighted by Gasteiger charge is -2.11. The summed E-state index contributed by atoms with van der Waals surface area (Å²) in [4.78, 5) is 11.9. The van der Waals surface area contributed by atoms with E-state index >= 15 is 0 Å². The third kappa shape index (κ3) is 3.89. The van der Waals surface area contributed by atoms with E-state index in [0.717, 1.165) is 0 Å². The van der Waals surface area contributed by atoms with Crippen molar-refractivity contribution in [1.29, 1.82) is 0 Å². The van der Waals surface area contributed by atoms with Crippen molar-refractivity contribution in [3.63, 3.8) is 0 Å². The van der Waals surface area contributed by atoms with Crippen molar-refractivity contribution in [2.75, 3.05) is 16.8 Å². The number of aromatic nitrogens is 2.